The van der Waals surface area contributed by atoms with Gasteiger partial charge in [0.25, 0.3) is 0 Å². The van der Waals surface area contributed by atoms with Crippen molar-refractivity contribution in [2.45, 2.75) is 117 Å². The quantitative estimate of drug-likeness (QED) is 0.213. The number of ether oxygens (including phenoxy) is 1. The van der Waals surface area contributed by atoms with Gasteiger partial charge in [0.2, 0.25) is 0 Å². The van der Waals surface area contributed by atoms with Gasteiger partial charge in [-0.2, -0.15) is 0 Å². The molecule has 1 aromatic rings. The second-order valence-electron chi connectivity index (χ2n) is 14.6. The highest BCUT2D eigenvalue weighted by Gasteiger charge is 2.60. The molecular weight excluding hydrogens is 494 g/mol. The van der Waals surface area contributed by atoms with Crippen molar-refractivity contribution in [2.75, 3.05) is 20.2 Å². The summed E-state index contributed by atoms with van der Waals surface area (Å²) in [6.45, 7) is 10.9. The molecule has 5 heteroatoms. The number of hydrogen-bond acceptors (Lipinski definition) is 5. The van der Waals surface area contributed by atoms with Crippen molar-refractivity contribution in [3.63, 3.8) is 0 Å². The summed E-state index contributed by atoms with van der Waals surface area (Å²) in [5, 5.41) is 7.53. The summed E-state index contributed by atoms with van der Waals surface area (Å²) in [7, 11) is 1.52. The largest absolute Gasteiger partial charge is 0.469 e. The van der Waals surface area contributed by atoms with Crippen LogP contribution in [0.1, 0.15) is 110 Å². The van der Waals surface area contributed by atoms with Crippen LogP contribution in [0.25, 0.3) is 0 Å². The molecule has 0 radical (unpaired) electrons. The van der Waals surface area contributed by atoms with E-state index in [-0.39, 0.29) is 5.97 Å². The number of rotatable bonds is 12. The minimum atomic E-state index is -0.0413. The van der Waals surface area contributed by atoms with Crippen LogP contribution in [0.2, 0.25) is 0 Å². The average molecular weight is 552 g/mol. The van der Waals surface area contributed by atoms with Crippen LogP contribution in [0.5, 0.6) is 0 Å². The molecular formula is C35H57N3O2. The topological polar surface area (TPSA) is 63.2 Å². The summed E-state index contributed by atoms with van der Waals surface area (Å²) in [4.78, 5) is 16.0. The van der Waals surface area contributed by atoms with Gasteiger partial charge in [-0.25, -0.2) is 0 Å². The lowest BCUT2D eigenvalue weighted by atomic mass is 9.44. The van der Waals surface area contributed by atoms with Crippen molar-refractivity contribution < 1.29 is 9.53 Å². The van der Waals surface area contributed by atoms with Crippen LogP contribution in [0, 0.1) is 46.3 Å². The number of carbonyl (C=O) groups is 1. The first-order valence-corrected chi connectivity index (χ1v) is 16.7. The zero-order valence-electron chi connectivity index (χ0n) is 25.9. The molecule has 224 valence electrons. The van der Waals surface area contributed by atoms with Crippen molar-refractivity contribution in [2.24, 2.45) is 46.3 Å². The fraction of sp³-hybridized carbons (Fsp3) is 0.829. The molecule has 0 aromatic carbocycles. The Bertz CT molecular complexity index is 955. The molecule has 1 heterocycles. The van der Waals surface area contributed by atoms with Gasteiger partial charge in [-0.05, 0) is 148 Å². The zero-order valence-corrected chi connectivity index (χ0v) is 25.9. The Morgan fingerprint density at radius 1 is 1.05 bits per heavy atom. The summed E-state index contributed by atoms with van der Waals surface area (Å²) >= 11 is 0. The average Bonchev–Trinajstić information content (AvgIpc) is 3.33. The molecule has 0 bridgehead atoms. The third kappa shape index (κ3) is 6.31. The number of nitrogens with zero attached hydrogens (tertiary/aromatic N) is 1. The molecule has 2 N–H and O–H groups in total. The molecule has 40 heavy (non-hydrogen) atoms. The van der Waals surface area contributed by atoms with Crippen LogP contribution in [0.15, 0.2) is 24.5 Å². The van der Waals surface area contributed by atoms with E-state index in [0.717, 1.165) is 61.7 Å². The predicted octanol–water partition coefficient (Wildman–Crippen LogP) is 7.16. The van der Waals surface area contributed by atoms with E-state index in [1.54, 1.807) is 0 Å². The van der Waals surface area contributed by atoms with Gasteiger partial charge in [0, 0.05) is 31.4 Å². The molecule has 0 amide bonds. The first-order chi connectivity index (χ1) is 19.3. The third-order valence-electron chi connectivity index (χ3n) is 12.7. The number of methoxy groups -OCH3 is 1. The second kappa shape index (κ2) is 13.2. The maximum atomic E-state index is 11.8. The number of hydrogen-bond donors (Lipinski definition) is 2. The fourth-order valence-electron chi connectivity index (χ4n) is 10.5. The van der Waals surface area contributed by atoms with Crippen LogP contribution < -0.4 is 10.6 Å². The van der Waals surface area contributed by atoms with Crippen molar-refractivity contribution in [3.8, 4) is 0 Å². The first kappa shape index (κ1) is 30.0. The number of carbonyl (C=O) groups excluding carboxylic acids is 1. The Morgan fingerprint density at radius 3 is 2.65 bits per heavy atom. The van der Waals surface area contributed by atoms with Gasteiger partial charge < -0.3 is 15.4 Å². The maximum absolute atomic E-state index is 11.8. The monoisotopic (exact) mass is 551 g/mol. The van der Waals surface area contributed by atoms with Crippen LogP contribution >= 0.6 is 0 Å². The molecule has 1 aromatic heterocycles. The van der Waals surface area contributed by atoms with Gasteiger partial charge in [0.1, 0.15) is 0 Å². The molecule has 0 aliphatic heterocycles. The van der Waals surface area contributed by atoms with Crippen LogP contribution in [-0.4, -0.2) is 37.2 Å². The molecule has 5 rings (SSSR count). The third-order valence-corrected chi connectivity index (χ3v) is 12.7. The number of nitrogens with one attached hydrogen (secondary N) is 2. The summed E-state index contributed by atoms with van der Waals surface area (Å²) < 4.78 is 4.94. The summed E-state index contributed by atoms with van der Waals surface area (Å²) in [6.07, 6.45) is 20.6. The van der Waals surface area contributed by atoms with E-state index >= 15 is 0 Å². The Hall–Kier alpha value is -1.46. The summed E-state index contributed by atoms with van der Waals surface area (Å²) in [5.74, 6) is 5.02. The number of aromatic nitrogens is 1. The predicted molar refractivity (Wildman–Crippen MR) is 163 cm³/mol. The van der Waals surface area contributed by atoms with Crippen molar-refractivity contribution in [3.05, 3.63) is 30.1 Å². The van der Waals surface area contributed by atoms with E-state index < -0.39 is 0 Å². The van der Waals surface area contributed by atoms with E-state index in [4.69, 9.17) is 4.74 Å². The minimum absolute atomic E-state index is 0.0413. The van der Waals surface area contributed by atoms with E-state index in [9.17, 15) is 4.79 Å². The van der Waals surface area contributed by atoms with E-state index in [1.165, 1.54) is 83.3 Å². The smallest absolute Gasteiger partial charge is 0.305 e. The molecule has 4 fully saturated rings. The highest BCUT2D eigenvalue weighted by atomic mass is 16.5. The molecule has 5 nitrogen and oxygen atoms in total. The summed E-state index contributed by atoms with van der Waals surface area (Å²) in [5.41, 5.74) is 2.29. The van der Waals surface area contributed by atoms with Gasteiger partial charge >= 0.3 is 5.97 Å². The lowest BCUT2D eigenvalue weighted by Crippen LogP contribution is -2.55. The van der Waals surface area contributed by atoms with Crippen LogP contribution in [0.3, 0.4) is 0 Å². The number of fused-ring (bicyclic) bond motifs is 5. The number of pyridine rings is 1. The van der Waals surface area contributed by atoms with Crippen molar-refractivity contribution in [1.29, 1.82) is 0 Å². The van der Waals surface area contributed by atoms with Gasteiger partial charge in [-0.3, -0.25) is 9.78 Å². The normalized spacial score (nSPS) is 37.7. The second-order valence-corrected chi connectivity index (χ2v) is 14.6. The number of esters is 1. The van der Waals surface area contributed by atoms with Crippen molar-refractivity contribution >= 4 is 5.97 Å². The first-order valence-electron chi connectivity index (χ1n) is 16.7. The highest BCUT2D eigenvalue weighted by Crippen LogP contribution is 2.68. The summed E-state index contributed by atoms with van der Waals surface area (Å²) in [6, 6.07) is 4.87. The lowest BCUT2D eigenvalue weighted by molar-refractivity contribution is -0.141. The van der Waals surface area contributed by atoms with Crippen LogP contribution in [-0.2, 0) is 16.1 Å². The molecule has 4 aliphatic rings. The van der Waals surface area contributed by atoms with Crippen molar-refractivity contribution in [1.82, 2.24) is 15.6 Å². The Kier molecular flexibility index (Phi) is 9.93. The fourth-order valence-corrected chi connectivity index (χ4v) is 10.5. The maximum Gasteiger partial charge on any atom is 0.305 e. The van der Waals surface area contributed by atoms with E-state index in [1.807, 2.05) is 18.5 Å². The molecule has 4 saturated carbocycles. The van der Waals surface area contributed by atoms with Gasteiger partial charge in [-0.1, -0.05) is 26.8 Å². The molecule has 4 aliphatic carbocycles. The molecule has 0 spiro atoms. The Morgan fingerprint density at radius 2 is 1.85 bits per heavy atom. The Balaban J connectivity index is 1.07. The van der Waals surface area contributed by atoms with Gasteiger partial charge in [0.15, 0.2) is 0 Å². The minimum Gasteiger partial charge on any atom is -0.469 e. The standard InChI is InChI=1S/C35H57N3O2/c1-25(9-14-33(39)40-4)30-12-13-31-29-11-10-27-22-28(15-17-34(27,2)32(29)16-18-35(30,31)3)38-21-6-5-19-36-23-26-8-7-20-37-24-26/h7-8,20,24-25,27-32,36,38H,5-6,9-19,21-23H2,1-4H3/t25-,27?,28+,29?,30?,31?,32?,34+,35-/m1/s1. The molecule has 9 atom stereocenters. The van der Waals surface area contributed by atoms with Gasteiger partial charge in [0.05, 0.1) is 7.11 Å². The molecule has 0 saturated heterocycles. The van der Waals surface area contributed by atoms with E-state index in [0.29, 0.717) is 23.2 Å². The lowest BCUT2D eigenvalue weighted by Gasteiger charge is -2.61. The molecule has 5 unspecified atom stereocenters. The number of unbranched alkanes of at least 4 members (excludes halogenated alkanes) is 1. The van der Waals surface area contributed by atoms with Crippen LogP contribution in [0.4, 0.5) is 0 Å². The Labute approximate surface area is 244 Å². The zero-order chi connectivity index (χ0) is 28.2. The highest BCUT2D eigenvalue weighted by molar-refractivity contribution is 5.69. The van der Waals surface area contributed by atoms with E-state index in [2.05, 4.69) is 42.5 Å². The van der Waals surface area contributed by atoms with Gasteiger partial charge in [-0.15, -0.1) is 0 Å². The SMILES string of the molecule is COC(=O)CC[C@@H](C)C1CCC2C3CCC4C[C@@H](NCCCCNCc5cccnc5)CC[C@]4(C)C3CC[C@@]21C.